The maximum atomic E-state index is 12.6. The van der Waals surface area contributed by atoms with Crippen LogP contribution in [-0.4, -0.2) is 54.9 Å². The Morgan fingerprint density at radius 2 is 1.81 bits per heavy atom. The van der Waals surface area contributed by atoms with Crippen LogP contribution in [0.2, 0.25) is 0 Å². The van der Waals surface area contributed by atoms with Gasteiger partial charge >= 0.3 is 0 Å². The van der Waals surface area contributed by atoms with Gasteiger partial charge in [0.05, 0.1) is 23.6 Å². The fraction of sp³-hybridized carbons (Fsp3) is 0.684. The first-order valence-electron chi connectivity index (χ1n) is 9.66. The summed E-state index contributed by atoms with van der Waals surface area (Å²) in [7, 11) is -2.97. The number of nitriles is 1. The zero-order valence-corrected chi connectivity index (χ0v) is 16.9. The van der Waals surface area contributed by atoms with Gasteiger partial charge in [0.1, 0.15) is 11.9 Å². The first-order valence-corrected chi connectivity index (χ1v) is 11.5. The molecule has 0 atom stereocenters. The molecule has 1 aromatic heterocycles. The van der Waals surface area contributed by atoms with Crippen LogP contribution in [0, 0.1) is 25.2 Å². The quantitative estimate of drug-likeness (QED) is 0.847. The summed E-state index contributed by atoms with van der Waals surface area (Å²) >= 11 is 0. The smallest absolute Gasteiger partial charge is 0.239 e. The van der Waals surface area contributed by atoms with E-state index < -0.39 is 9.84 Å². The number of sulfone groups is 1. The summed E-state index contributed by atoms with van der Waals surface area (Å²) < 4.78 is 25.2. The third-order valence-corrected chi connectivity index (χ3v) is 7.48. The fourth-order valence-corrected chi connectivity index (χ4v) is 5.44. The average Bonchev–Trinajstić information content (AvgIpc) is 2.87. The number of hydrogen-bond acceptors (Lipinski definition) is 5. The Labute approximate surface area is 161 Å². The molecule has 0 spiro atoms. The second-order valence-electron chi connectivity index (χ2n) is 7.68. The molecule has 1 N–H and O–H groups in total. The molecule has 7 nitrogen and oxygen atoms in total. The molecular formula is C19H28N4O3S. The Bertz CT molecular complexity index is 846. The van der Waals surface area contributed by atoms with Gasteiger partial charge in [0, 0.05) is 24.8 Å². The number of nitrogens with zero attached hydrogens (tertiary/aromatic N) is 3. The van der Waals surface area contributed by atoms with Crippen molar-refractivity contribution in [1.82, 2.24) is 9.47 Å². The van der Waals surface area contributed by atoms with Crippen molar-refractivity contribution in [1.29, 1.82) is 5.26 Å². The highest BCUT2D eigenvalue weighted by Crippen LogP contribution is 2.36. The van der Waals surface area contributed by atoms with Gasteiger partial charge in [-0.1, -0.05) is 19.3 Å². The first kappa shape index (κ1) is 19.9. The molecule has 2 aliphatic rings. The minimum atomic E-state index is -2.97. The highest BCUT2D eigenvalue weighted by atomic mass is 32.2. The van der Waals surface area contributed by atoms with Gasteiger partial charge in [-0.05, 0) is 32.3 Å². The number of anilines is 1. The van der Waals surface area contributed by atoms with Gasteiger partial charge in [0.15, 0.2) is 9.84 Å². The molecule has 1 aliphatic heterocycles. The van der Waals surface area contributed by atoms with Crippen molar-refractivity contribution in [2.45, 2.75) is 52.0 Å². The maximum absolute atomic E-state index is 12.6. The van der Waals surface area contributed by atoms with E-state index in [0.29, 0.717) is 30.5 Å². The summed E-state index contributed by atoms with van der Waals surface area (Å²) in [5, 5.41) is 12.6. The second-order valence-corrected chi connectivity index (χ2v) is 9.99. The number of hydrogen-bond donors (Lipinski definition) is 1. The number of aromatic nitrogens is 1. The molecule has 148 valence electrons. The van der Waals surface area contributed by atoms with Gasteiger partial charge in [-0.15, -0.1) is 0 Å². The third-order valence-electron chi connectivity index (χ3n) is 5.87. The summed E-state index contributed by atoms with van der Waals surface area (Å²) in [5.41, 5.74) is 2.49. The molecule has 1 saturated carbocycles. The average molecular weight is 393 g/mol. The number of amides is 1. The molecule has 1 aromatic rings. The third kappa shape index (κ3) is 4.36. The molecule has 1 amide bonds. The van der Waals surface area contributed by atoms with Crippen molar-refractivity contribution in [3.05, 3.63) is 16.8 Å². The number of rotatable bonds is 4. The van der Waals surface area contributed by atoms with Gasteiger partial charge < -0.3 is 9.88 Å². The Morgan fingerprint density at radius 1 is 1.19 bits per heavy atom. The molecule has 0 aromatic carbocycles. The summed E-state index contributed by atoms with van der Waals surface area (Å²) in [5.74, 6) is 0.607. The number of carbonyl (C=O) groups is 1. The van der Waals surface area contributed by atoms with Crippen molar-refractivity contribution < 1.29 is 13.2 Å². The molecule has 8 heteroatoms. The summed E-state index contributed by atoms with van der Waals surface area (Å²) in [4.78, 5) is 14.5. The van der Waals surface area contributed by atoms with Crippen LogP contribution in [0.4, 0.5) is 5.82 Å². The molecule has 27 heavy (non-hydrogen) atoms. The molecule has 2 heterocycles. The van der Waals surface area contributed by atoms with E-state index >= 15 is 0 Å². The van der Waals surface area contributed by atoms with Crippen molar-refractivity contribution in [3.8, 4) is 6.07 Å². The molecule has 0 bridgehead atoms. The number of carbonyl (C=O) groups excluding carboxylic acids is 1. The first-order chi connectivity index (χ1) is 12.8. The molecule has 1 saturated heterocycles. The fourth-order valence-electron chi connectivity index (χ4n) is 4.17. The van der Waals surface area contributed by atoms with Crippen molar-refractivity contribution in [2.75, 3.05) is 36.5 Å². The predicted molar refractivity (Wildman–Crippen MR) is 104 cm³/mol. The van der Waals surface area contributed by atoms with Crippen molar-refractivity contribution in [2.24, 2.45) is 0 Å². The lowest BCUT2D eigenvalue weighted by Gasteiger charge is -2.28. The van der Waals surface area contributed by atoms with Crippen LogP contribution >= 0.6 is 0 Å². The minimum absolute atomic E-state index is 0.0976. The van der Waals surface area contributed by atoms with Crippen LogP contribution in [0.1, 0.15) is 55.0 Å². The summed E-state index contributed by atoms with van der Waals surface area (Å²) in [6.07, 6.45) is 5.69. The molecule has 3 rings (SSSR count). The second kappa shape index (κ2) is 8.03. The van der Waals surface area contributed by atoms with Crippen LogP contribution in [0.15, 0.2) is 0 Å². The highest BCUT2D eigenvalue weighted by molar-refractivity contribution is 7.91. The van der Waals surface area contributed by atoms with Crippen LogP contribution in [-0.2, 0) is 14.6 Å². The van der Waals surface area contributed by atoms with E-state index in [1.165, 1.54) is 19.3 Å². The molecule has 0 unspecified atom stereocenters. The monoisotopic (exact) mass is 392 g/mol. The molecule has 2 fully saturated rings. The van der Waals surface area contributed by atoms with E-state index in [-0.39, 0.29) is 24.0 Å². The van der Waals surface area contributed by atoms with Crippen molar-refractivity contribution >= 4 is 21.6 Å². The maximum Gasteiger partial charge on any atom is 0.239 e. The zero-order valence-electron chi connectivity index (χ0n) is 16.1. The highest BCUT2D eigenvalue weighted by Gasteiger charge is 2.27. The topological polar surface area (TPSA) is 95.2 Å². The Hall–Kier alpha value is -1.85. The van der Waals surface area contributed by atoms with Crippen LogP contribution in [0.25, 0.3) is 0 Å². The van der Waals surface area contributed by atoms with E-state index in [1.54, 1.807) is 0 Å². The van der Waals surface area contributed by atoms with Crippen LogP contribution in [0.5, 0.6) is 0 Å². The lowest BCUT2D eigenvalue weighted by molar-refractivity contribution is -0.117. The lowest BCUT2D eigenvalue weighted by Crippen LogP contribution is -2.44. The van der Waals surface area contributed by atoms with E-state index in [2.05, 4.69) is 16.0 Å². The normalized spacial score (nSPS) is 20.9. The van der Waals surface area contributed by atoms with E-state index in [0.717, 1.165) is 24.1 Å². The Balaban J connectivity index is 1.78. The Morgan fingerprint density at radius 3 is 2.41 bits per heavy atom. The van der Waals surface area contributed by atoms with Gasteiger partial charge in [0.2, 0.25) is 5.91 Å². The van der Waals surface area contributed by atoms with Crippen LogP contribution < -0.4 is 5.32 Å². The van der Waals surface area contributed by atoms with Gasteiger partial charge in [-0.2, -0.15) is 5.26 Å². The summed E-state index contributed by atoms with van der Waals surface area (Å²) in [6, 6.07) is 2.57. The SMILES string of the molecule is Cc1c(C#N)c(NC(=O)CN2CCS(=O)(=O)CC2)n(C2CCCCC2)c1C. The molecular weight excluding hydrogens is 364 g/mol. The standard InChI is InChI=1S/C19H28N4O3S/c1-14-15(2)23(16-6-4-3-5-7-16)19(17(14)12-20)21-18(24)13-22-8-10-27(25,26)11-9-22/h16H,3-11,13H2,1-2H3,(H,21,24). The van der Waals surface area contributed by atoms with Crippen LogP contribution in [0.3, 0.4) is 0 Å². The van der Waals surface area contributed by atoms with Gasteiger partial charge in [-0.25, -0.2) is 8.42 Å². The van der Waals surface area contributed by atoms with E-state index in [4.69, 9.17) is 0 Å². The lowest BCUT2D eigenvalue weighted by atomic mass is 9.95. The van der Waals surface area contributed by atoms with Gasteiger partial charge in [0.25, 0.3) is 0 Å². The number of nitrogens with one attached hydrogen (secondary N) is 1. The Kier molecular flexibility index (Phi) is 5.92. The van der Waals surface area contributed by atoms with E-state index in [9.17, 15) is 18.5 Å². The molecule has 1 aliphatic carbocycles. The van der Waals surface area contributed by atoms with Crippen molar-refractivity contribution in [3.63, 3.8) is 0 Å². The largest absolute Gasteiger partial charge is 0.327 e. The minimum Gasteiger partial charge on any atom is -0.327 e. The zero-order chi connectivity index (χ0) is 19.6. The van der Waals surface area contributed by atoms with E-state index in [1.807, 2.05) is 18.7 Å². The molecule has 0 radical (unpaired) electrons. The predicted octanol–water partition coefficient (Wildman–Crippen LogP) is 2.15. The summed E-state index contributed by atoms with van der Waals surface area (Å²) in [6.45, 7) is 4.84. The van der Waals surface area contributed by atoms with Gasteiger partial charge in [-0.3, -0.25) is 9.69 Å².